The molecule has 1 aromatic heterocycles. The van der Waals surface area contributed by atoms with Gasteiger partial charge in [-0.25, -0.2) is 0 Å². The van der Waals surface area contributed by atoms with Gasteiger partial charge in [-0.15, -0.1) is 0 Å². The molecule has 1 rings (SSSR count). The normalized spacial score (nSPS) is 11.9. The monoisotopic (exact) mass is 325 g/mol. The van der Waals surface area contributed by atoms with Crippen molar-refractivity contribution in [2.24, 2.45) is 0 Å². The molecular formula is C17H28ClN3O. The fraction of sp³-hybridized carbons (Fsp3) is 0.647. The summed E-state index contributed by atoms with van der Waals surface area (Å²) in [5.41, 5.74) is 1.68. The third kappa shape index (κ3) is 4.60. The summed E-state index contributed by atoms with van der Waals surface area (Å²) in [6, 6.07) is 0.335. The molecule has 0 saturated carbocycles. The van der Waals surface area contributed by atoms with Gasteiger partial charge in [0, 0.05) is 30.3 Å². The molecule has 0 aliphatic carbocycles. The Hall–Kier alpha value is -1.29. The summed E-state index contributed by atoms with van der Waals surface area (Å²) in [5, 5.41) is 5.06. The highest BCUT2D eigenvalue weighted by Crippen LogP contribution is 2.22. The largest absolute Gasteiger partial charge is 0.334 e. The maximum atomic E-state index is 12.4. The van der Waals surface area contributed by atoms with E-state index in [1.165, 1.54) is 0 Å². The Morgan fingerprint density at radius 1 is 1.32 bits per heavy atom. The van der Waals surface area contributed by atoms with E-state index in [2.05, 4.69) is 12.0 Å². The molecule has 1 aromatic rings. The van der Waals surface area contributed by atoms with E-state index in [1.807, 2.05) is 44.2 Å². The highest BCUT2D eigenvalue weighted by atomic mass is 35.5. The highest BCUT2D eigenvalue weighted by Gasteiger charge is 2.18. The van der Waals surface area contributed by atoms with Crippen LogP contribution in [0.3, 0.4) is 0 Å². The Balaban J connectivity index is 2.94. The first-order valence-electron chi connectivity index (χ1n) is 8.02. The van der Waals surface area contributed by atoms with Crippen LogP contribution in [0.5, 0.6) is 0 Å². The maximum absolute atomic E-state index is 12.4. The predicted octanol–water partition coefficient (Wildman–Crippen LogP) is 4.30. The van der Waals surface area contributed by atoms with E-state index in [4.69, 9.17) is 11.6 Å². The molecule has 0 N–H and O–H groups in total. The summed E-state index contributed by atoms with van der Waals surface area (Å²) in [7, 11) is 0. The smallest absolute Gasteiger partial charge is 0.247 e. The quantitative estimate of drug-likeness (QED) is 0.701. The number of unbranched alkanes of at least 4 members (excludes halogenated alkanes) is 1. The molecule has 0 spiro atoms. The van der Waals surface area contributed by atoms with Crippen molar-refractivity contribution in [3.05, 3.63) is 22.5 Å². The summed E-state index contributed by atoms with van der Waals surface area (Å²) in [6.45, 7) is 12.9. The Bertz CT molecular complexity index is 524. The van der Waals surface area contributed by atoms with Crippen LogP contribution in [0.25, 0.3) is 6.08 Å². The zero-order valence-electron chi connectivity index (χ0n) is 14.6. The van der Waals surface area contributed by atoms with Crippen LogP contribution in [0.15, 0.2) is 6.08 Å². The molecule has 0 aliphatic heterocycles. The molecule has 1 heterocycles. The zero-order valence-corrected chi connectivity index (χ0v) is 15.3. The van der Waals surface area contributed by atoms with Gasteiger partial charge in [0.15, 0.2) is 0 Å². The van der Waals surface area contributed by atoms with E-state index >= 15 is 0 Å². The van der Waals surface area contributed by atoms with Gasteiger partial charge in [0.1, 0.15) is 5.15 Å². The number of carbonyl (C=O) groups excluding carboxylic acids is 1. The number of aryl methyl sites for hydroxylation is 2. The van der Waals surface area contributed by atoms with Gasteiger partial charge in [-0.2, -0.15) is 5.10 Å². The fourth-order valence-corrected chi connectivity index (χ4v) is 2.88. The van der Waals surface area contributed by atoms with Gasteiger partial charge in [0.25, 0.3) is 0 Å². The van der Waals surface area contributed by atoms with Gasteiger partial charge in [-0.3, -0.25) is 9.48 Å². The first-order valence-corrected chi connectivity index (χ1v) is 8.40. The Morgan fingerprint density at radius 2 is 1.91 bits per heavy atom. The third-order valence-corrected chi connectivity index (χ3v) is 3.99. The molecule has 1 amide bonds. The number of amides is 1. The van der Waals surface area contributed by atoms with Gasteiger partial charge in [0.2, 0.25) is 5.91 Å². The number of nitrogens with zero attached hydrogens (tertiary/aromatic N) is 3. The van der Waals surface area contributed by atoms with Crippen LogP contribution in [0, 0.1) is 6.92 Å². The van der Waals surface area contributed by atoms with Crippen molar-refractivity contribution in [3.8, 4) is 0 Å². The van der Waals surface area contributed by atoms with Crippen LogP contribution < -0.4 is 0 Å². The van der Waals surface area contributed by atoms with E-state index in [9.17, 15) is 4.79 Å². The van der Waals surface area contributed by atoms with Crippen LogP contribution in [-0.2, 0) is 11.3 Å². The van der Waals surface area contributed by atoms with Gasteiger partial charge >= 0.3 is 0 Å². The summed E-state index contributed by atoms with van der Waals surface area (Å²) in [6.07, 6.45) is 5.52. The first kappa shape index (κ1) is 18.8. The maximum Gasteiger partial charge on any atom is 0.247 e. The van der Waals surface area contributed by atoms with Crippen molar-refractivity contribution < 1.29 is 4.79 Å². The molecule has 0 atom stereocenters. The second-order valence-corrected chi connectivity index (χ2v) is 6.49. The average molecular weight is 326 g/mol. The standard InChI is InChI=1S/C17H28ClN3O/c1-7-8-11-20-17(18)15(14(6)19-20)9-10-16(22)21(12(2)3)13(4)5/h9-10,12-13H,7-8,11H2,1-6H3/b10-9+. The lowest BCUT2D eigenvalue weighted by molar-refractivity contribution is -0.129. The van der Waals surface area contributed by atoms with E-state index in [1.54, 1.807) is 12.2 Å². The van der Waals surface area contributed by atoms with Crippen LogP contribution in [-0.4, -0.2) is 32.7 Å². The minimum atomic E-state index is 0.00164. The SMILES string of the molecule is CCCCn1nc(C)c(/C=C/C(=O)N(C(C)C)C(C)C)c1Cl. The van der Waals surface area contributed by atoms with Gasteiger partial charge in [-0.1, -0.05) is 24.9 Å². The number of hydrogen-bond donors (Lipinski definition) is 0. The summed E-state index contributed by atoms with van der Waals surface area (Å²) in [5.74, 6) is 0.00164. The number of aromatic nitrogens is 2. The fourth-order valence-electron chi connectivity index (χ4n) is 2.56. The number of halogens is 1. The topological polar surface area (TPSA) is 38.1 Å². The summed E-state index contributed by atoms with van der Waals surface area (Å²) < 4.78 is 1.81. The summed E-state index contributed by atoms with van der Waals surface area (Å²) >= 11 is 6.38. The van der Waals surface area contributed by atoms with Crippen molar-refractivity contribution in [3.63, 3.8) is 0 Å². The molecule has 0 unspecified atom stereocenters. The van der Waals surface area contributed by atoms with Crippen LogP contribution >= 0.6 is 11.6 Å². The molecule has 0 aliphatic rings. The van der Waals surface area contributed by atoms with Gasteiger partial charge in [0.05, 0.1) is 5.69 Å². The van der Waals surface area contributed by atoms with Gasteiger partial charge in [-0.05, 0) is 47.1 Å². The Morgan fingerprint density at radius 3 is 2.41 bits per heavy atom. The predicted molar refractivity (Wildman–Crippen MR) is 93.0 cm³/mol. The molecule has 0 saturated heterocycles. The minimum absolute atomic E-state index is 0.00164. The van der Waals surface area contributed by atoms with E-state index in [0.717, 1.165) is 30.6 Å². The molecule has 0 aromatic carbocycles. The van der Waals surface area contributed by atoms with E-state index in [-0.39, 0.29) is 18.0 Å². The Kier molecular flexibility index (Phi) is 7.14. The lowest BCUT2D eigenvalue weighted by Crippen LogP contribution is -2.41. The highest BCUT2D eigenvalue weighted by molar-refractivity contribution is 6.31. The van der Waals surface area contributed by atoms with Crippen molar-refractivity contribution in [2.45, 2.75) is 73.0 Å². The second kappa shape index (κ2) is 8.37. The van der Waals surface area contributed by atoms with E-state index < -0.39 is 0 Å². The minimum Gasteiger partial charge on any atom is -0.334 e. The molecule has 22 heavy (non-hydrogen) atoms. The molecule has 0 radical (unpaired) electrons. The molecule has 4 nitrogen and oxygen atoms in total. The number of hydrogen-bond acceptors (Lipinski definition) is 2. The van der Waals surface area contributed by atoms with Gasteiger partial charge < -0.3 is 4.90 Å². The Labute approximate surface area is 139 Å². The molecule has 124 valence electrons. The van der Waals surface area contributed by atoms with Crippen molar-refractivity contribution in [1.82, 2.24) is 14.7 Å². The van der Waals surface area contributed by atoms with Crippen molar-refractivity contribution >= 4 is 23.6 Å². The van der Waals surface area contributed by atoms with Crippen LogP contribution in [0.2, 0.25) is 5.15 Å². The van der Waals surface area contributed by atoms with Crippen molar-refractivity contribution in [2.75, 3.05) is 0 Å². The summed E-state index contributed by atoms with van der Waals surface area (Å²) in [4.78, 5) is 14.2. The second-order valence-electron chi connectivity index (χ2n) is 6.13. The number of rotatable bonds is 7. The first-order chi connectivity index (χ1) is 10.3. The van der Waals surface area contributed by atoms with Crippen LogP contribution in [0.4, 0.5) is 0 Å². The molecular weight excluding hydrogens is 298 g/mol. The zero-order chi connectivity index (χ0) is 16.9. The lowest BCUT2D eigenvalue weighted by atomic mass is 10.2. The third-order valence-electron chi connectivity index (χ3n) is 3.59. The molecule has 0 bridgehead atoms. The van der Waals surface area contributed by atoms with Crippen LogP contribution in [0.1, 0.15) is 58.7 Å². The lowest BCUT2D eigenvalue weighted by Gasteiger charge is -2.29. The average Bonchev–Trinajstić information content (AvgIpc) is 2.68. The molecule has 0 fully saturated rings. The van der Waals surface area contributed by atoms with E-state index in [0.29, 0.717) is 5.15 Å². The number of carbonyl (C=O) groups is 1. The van der Waals surface area contributed by atoms with Crippen molar-refractivity contribution in [1.29, 1.82) is 0 Å². The molecule has 5 heteroatoms.